The van der Waals surface area contributed by atoms with Gasteiger partial charge in [-0.25, -0.2) is 4.79 Å². The molecule has 0 heterocycles. The van der Waals surface area contributed by atoms with Crippen LogP contribution in [0.25, 0.3) is 0 Å². The highest BCUT2D eigenvalue weighted by molar-refractivity contribution is 5.89. The van der Waals surface area contributed by atoms with Gasteiger partial charge in [-0.2, -0.15) is 0 Å². The van der Waals surface area contributed by atoms with Crippen molar-refractivity contribution in [2.75, 3.05) is 20.6 Å². The molecule has 3 nitrogen and oxygen atoms in total. The highest BCUT2D eigenvalue weighted by Gasteiger charge is 2.26. The number of carbonyl (C=O) groups is 1. The van der Waals surface area contributed by atoms with E-state index in [0.717, 1.165) is 12.1 Å². The Balaban J connectivity index is 3.16. The van der Waals surface area contributed by atoms with Gasteiger partial charge in [0.25, 0.3) is 0 Å². The van der Waals surface area contributed by atoms with Crippen molar-refractivity contribution < 1.29 is 9.90 Å². The van der Waals surface area contributed by atoms with Crippen molar-refractivity contribution in [3.05, 3.63) is 35.4 Å². The van der Waals surface area contributed by atoms with E-state index in [9.17, 15) is 4.79 Å². The zero-order valence-electron chi connectivity index (χ0n) is 10.3. The van der Waals surface area contributed by atoms with Crippen LogP contribution in [0.5, 0.6) is 0 Å². The van der Waals surface area contributed by atoms with Gasteiger partial charge < -0.3 is 10.0 Å². The molecular formula is C13H19NO2. The quantitative estimate of drug-likeness (QED) is 0.847. The average Bonchev–Trinajstić information content (AvgIpc) is 2.15. The Morgan fingerprint density at radius 2 is 1.88 bits per heavy atom. The maximum atomic E-state index is 11.1. The average molecular weight is 221 g/mol. The van der Waals surface area contributed by atoms with Gasteiger partial charge in [0.05, 0.1) is 5.56 Å². The zero-order valence-corrected chi connectivity index (χ0v) is 10.3. The van der Waals surface area contributed by atoms with Crippen LogP contribution in [0.1, 0.15) is 29.8 Å². The minimum Gasteiger partial charge on any atom is -0.478 e. The molecule has 0 unspecified atom stereocenters. The van der Waals surface area contributed by atoms with E-state index in [0.29, 0.717) is 5.56 Å². The predicted octanol–water partition coefficient (Wildman–Crippen LogP) is 2.22. The number of hydrogen-bond donors (Lipinski definition) is 1. The van der Waals surface area contributed by atoms with Gasteiger partial charge >= 0.3 is 5.97 Å². The van der Waals surface area contributed by atoms with E-state index < -0.39 is 5.97 Å². The van der Waals surface area contributed by atoms with E-state index in [4.69, 9.17) is 5.11 Å². The van der Waals surface area contributed by atoms with Crippen LogP contribution in [-0.4, -0.2) is 36.6 Å². The lowest BCUT2D eigenvalue weighted by molar-refractivity contribution is 0.0693. The number of benzene rings is 1. The molecule has 0 aliphatic rings. The van der Waals surface area contributed by atoms with Crippen molar-refractivity contribution in [2.45, 2.75) is 19.3 Å². The first-order chi connectivity index (χ1) is 7.34. The topological polar surface area (TPSA) is 40.5 Å². The summed E-state index contributed by atoms with van der Waals surface area (Å²) in [5, 5.41) is 9.15. The molecule has 1 aromatic carbocycles. The highest BCUT2D eigenvalue weighted by Crippen LogP contribution is 2.27. The van der Waals surface area contributed by atoms with E-state index in [2.05, 4.69) is 18.7 Å². The molecule has 3 heteroatoms. The minimum absolute atomic E-state index is 0.168. The third-order valence-corrected chi connectivity index (χ3v) is 2.60. The molecule has 0 fully saturated rings. The maximum Gasteiger partial charge on any atom is 0.335 e. The summed E-state index contributed by atoms with van der Waals surface area (Å²) in [6.45, 7) is 4.95. The van der Waals surface area contributed by atoms with Crippen LogP contribution in [0.3, 0.4) is 0 Å². The number of carboxylic acids is 1. The molecule has 0 spiro atoms. The number of rotatable bonds is 4. The molecule has 0 aromatic heterocycles. The van der Waals surface area contributed by atoms with Crippen molar-refractivity contribution >= 4 is 5.97 Å². The summed E-state index contributed by atoms with van der Waals surface area (Å²) in [5.74, 6) is -0.859. The zero-order chi connectivity index (χ0) is 12.3. The predicted molar refractivity (Wildman–Crippen MR) is 65.0 cm³/mol. The second kappa shape index (κ2) is 4.66. The van der Waals surface area contributed by atoms with Crippen molar-refractivity contribution in [3.8, 4) is 0 Å². The smallest absolute Gasteiger partial charge is 0.335 e. The third kappa shape index (κ3) is 2.83. The van der Waals surface area contributed by atoms with Crippen molar-refractivity contribution in [1.82, 2.24) is 4.90 Å². The lowest BCUT2D eigenvalue weighted by Crippen LogP contribution is -2.33. The van der Waals surface area contributed by atoms with E-state index in [-0.39, 0.29) is 5.41 Å². The largest absolute Gasteiger partial charge is 0.478 e. The first kappa shape index (κ1) is 12.7. The third-order valence-electron chi connectivity index (χ3n) is 2.60. The van der Waals surface area contributed by atoms with E-state index in [1.165, 1.54) is 0 Å². The summed E-state index contributed by atoms with van der Waals surface area (Å²) < 4.78 is 0. The molecule has 0 amide bonds. The monoisotopic (exact) mass is 221 g/mol. The van der Waals surface area contributed by atoms with Gasteiger partial charge in [-0.1, -0.05) is 32.0 Å². The standard InChI is InChI=1S/C13H19NO2/c1-13(2,9-14(3)4)11-8-6-5-7-10(11)12(15)16/h5-8H,9H2,1-4H3,(H,15,16). The molecule has 0 atom stereocenters. The molecule has 88 valence electrons. The van der Waals surface area contributed by atoms with Crippen molar-refractivity contribution in [2.24, 2.45) is 0 Å². The van der Waals surface area contributed by atoms with Crippen LogP contribution in [0, 0.1) is 0 Å². The lowest BCUT2D eigenvalue weighted by atomic mass is 9.81. The Labute approximate surface area is 96.7 Å². The Hall–Kier alpha value is -1.35. The summed E-state index contributed by atoms with van der Waals surface area (Å²) in [4.78, 5) is 13.2. The Morgan fingerprint density at radius 1 is 1.31 bits per heavy atom. The maximum absolute atomic E-state index is 11.1. The molecule has 1 N–H and O–H groups in total. The Bertz CT molecular complexity index is 383. The molecule has 1 rings (SSSR count). The fraction of sp³-hybridized carbons (Fsp3) is 0.462. The molecule has 16 heavy (non-hydrogen) atoms. The normalized spacial score (nSPS) is 11.8. The van der Waals surface area contributed by atoms with Gasteiger partial charge in [0.1, 0.15) is 0 Å². The van der Waals surface area contributed by atoms with Crippen LogP contribution in [0.4, 0.5) is 0 Å². The van der Waals surface area contributed by atoms with Crippen LogP contribution < -0.4 is 0 Å². The second-order valence-corrected chi connectivity index (χ2v) is 4.97. The second-order valence-electron chi connectivity index (χ2n) is 4.97. The van der Waals surface area contributed by atoms with Crippen LogP contribution in [0.2, 0.25) is 0 Å². The summed E-state index contributed by atoms with van der Waals surface area (Å²) in [6.07, 6.45) is 0. The highest BCUT2D eigenvalue weighted by atomic mass is 16.4. The van der Waals surface area contributed by atoms with Gasteiger partial charge in [-0.15, -0.1) is 0 Å². The van der Waals surface area contributed by atoms with Gasteiger partial charge in [0.2, 0.25) is 0 Å². The number of carboxylic acid groups (broad SMARTS) is 1. The van der Waals surface area contributed by atoms with Crippen LogP contribution >= 0.6 is 0 Å². The SMILES string of the molecule is CN(C)CC(C)(C)c1ccccc1C(=O)O. The van der Waals surface area contributed by atoms with Gasteiger partial charge in [-0.05, 0) is 25.7 Å². The first-order valence-electron chi connectivity index (χ1n) is 5.32. The summed E-state index contributed by atoms with van der Waals surface area (Å²) >= 11 is 0. The summed E-state index contributed by atoms with van der Waals surface area (Å²) in [7, 11) is 3.98. The summed E-state index contributed by atoms with van der Waals surface area (Å²) in [5.41, 5.74) is 1.11. The van der Waals surface area contributed by atoms with Crippen LogP contribution in [-0.2, 0) is 5.41 Å². The van der Waals surface area contributed by atoms with Crippen molar-refractivity contribution in [1.29, 1.82) is 0 Å². The Kier molecular flexibility index (Phi) is 3.70. The van der Waals surface area contributed by atoms with Crippen LogP contribution in [0.15, 0.2) is 24.3 Å². The number of nitrogens with zero attached hydrogens (tertiary/aromatic N) is 1. The summed E-state index contributed by atoms with van der Waals surface area (Å²) in [6, 6.07) is 7.21. The Morgan fingerprint density at radius 3 is 2.38 bits per heavy atom. The van der Waals surface area contributed by atoms with E-state index in [1.54, 1.807) is 12.1 Å². The van der Waals surface area contributed by atoms with E-state index in [1.807, 2.05) is 26.2 Å². The molecule has 0 aliphatic carbocycles. The van der Waals surface area contributed by atoms with Gasteiger partial charge in [-0.3, -0.25) is 0 Å². The van der Waals surface area contributed by atoms with Gasteiger partial charge in [0.15, 0.2) is 0 Å². The number of hydrogen-bond acceptors (Lipinski definition) is 2. The minimum atomic E-state index is -0.859. The van der Waals surface area contributed by atoms with Gasteiger partial charge in [0, 0.05) is 12.0 Å². The van der Waals surface area contributed by atoms with Crippen molar-refractivity contribution in [3.63, 3.8) is 0 Å². The molecule has 0 bridgehead atoms. The molecule has 0 aliphatic heterocycles. The molecule has 0 saturated carbocycles. The molecule has 1 aromatic rings. The molecular weight excluding hydrogens is 202 g/mol. The number of likely N-dealkylation sites (N-methyl/N-ethyl adjacent to an activating group) is 1. The molecule has 0 radical (unpaired) electrons. The fourth-order valence-corrected chi connectivity index (χ4v) is 2.14. The fourth-order valence-electron chi connectivity index (χ4n) is 2.14. The number of aromatic carboxylic acids is 1. The molecule has 0 saturated heterocycles. The first-order valence-corrected chi connectivity index (χ1v) is 5.32. The van der Waals surface area contributed by atoms with E-state index >= 15 is 0 Å². The lowest BCUT2D eigenvalue weighted by Gasteiger charge is -2.30.